The standard InChI is InChI=1S/C32H47N3O5/c1-9-11-22(5)33-29(37)28(25-16-12-23(10-2)13-17-25)35(21(3)4)30(38)27(34-31(39)40-32(6,7)8)20-24-14-18-26(36)19-15-24/h12-19,21-22,27-28,36H,9-11,20H2,1-8H3,(H,33,37)(H,34,39). The van der Waals surface area contributed by atoms with E-state index in [2.05, 4.69) is 24.5 Å². The molecule has 3 amide bonds. The van der Waals surface area contributed by atoms with Crippen LogP contribution in [0.25, 0.3) is 0 Å². The molecule has 3 atom stereocenters. The first-order chi connectivity index (χ1) is 18.7. The average Bonchev–Trinajstić information content (AvgIpc) is 2.86. The molecule has 0 radical (unpaired) electrons. The highest BCUT2D eigenvalue weighted by atomic mass is 16.6. The summed E-state index contributed by atoms with van der Waals surface area (Å²) < 4.78 is 5.47. The fourth-order valence-electron chi connectivity index (χ4n) is 4.58. The topological polar surface area (TPSA) is 108 Å². The number of hydrogen-bond donors (Lipinski definition) is 3. The Morgan fingerprint density at radius 1 is 0.900 bits per heavy atom. The molecule has 0 saturated heterocycles. The lowest BCUT2D eigenvalue weighted by molar-refractivity contribution is -0.144. The number of amides is 3. The van der Waals surface area contributed by atoms with E-state index in [1.54, 1.807) is 37.8 Å². The minimum absolute atomic E-state index is 0.0632. The first kappa shape index (κ1) is 32.7. The van der Waals surface area contributed by atoms with Gasteiger partial charge >= 0.3 is 6.09 Å². The van der Waals surface area contributed by atoms with Crippen LogP contribution in [0.5, 0.6) is 5.75 Å². The molecule has 40 heavy (non-hydrogen) atoms. The number of nitrogens with one attached hydrogen (secondary N) is 2. The Hall–Kier alpha value is -3.55. The number of carbonyl (C=O) groups excluding carboxylic acids is 3. The number of aromatic hydroxyl groups is 1. The monoisotopic (exact) mass is 553 g/mol. The van der Waals surface area contributed by atoms with Crippen molar-refractivity contribution in [1.82, 2.24) is 15.5 Å². The zero-order valence-electron chi connectivity index (χ0n) is 25.3. The Balaban J connectivity index is 2.55. The van der Waals surface area contributed by atoms with Crippen LogP contribution in [0.15, 0.2) is 48.5 Å². The van der Waals surface area contributed by atoms with Gasteiger partial charge in [0.05, 0.1) is 0 Å². The quantitative estimate of drug-likeness (QED) is 0.314. The van der Waals surface area contributed by atoms with E-state index in [1.807, 2.05) is 45.0 Å². The second-order valence-corrected chi connectivity index (χ2v) is 11.6. The molecule has 0 aliphatic heterocycles. The predicted octanol–water partition coefficient (Wildman–Crippen LogP) is 5.67. The maximum atomic E-state index is 14.3. The van der Waals surface area contributed by atoms with Crippen LogP contribution in [0, 0.1) is 0 Å². The molecule has 0 aliphatic rings. The molecule has 0 heterocycles. The average molecular weight is 554 g/mol. The number of benzene rings is 2. The summed E-state index contributed by atoms with van der Waals surface area (Å²) in [4.78, 5) is 42.6. The lowest BCUT2D eigenvalue weighted by Gasteiger charge is -2.37. The number of carbonyl (C=O) groups is 3. The SMILES string of the molecule is CCCC(C)NC(=O)C(c1ccc(CC)cc1)N(C(=O)C(Cc1ccc(O)cc1)NC(=O)OC(C)(C)C)C(C)C. The molecule has 0 aromatic heterocycles. The molecule has 220 valence electrons. The normalized spacial score (nSPS) is 13.7. The van der Waals surface area contributed by atoms with Gasteiger partial charge in [0.15, 0.2) is 0 Å². The maximum Gasteiger partial charge on any atom is 0.408 e. The predicted molar refractivity (Wildman–Crippen MR) is 158 cm³/mol. The van der Waals surface area contributed by atoms with Gasteiger partial charge in [-0.1, -0.05) is 56.7 Å². The van der Waals surface area contributed by atoms with Crippen molar-refractivity contribution in [2.75, 3.05) is 0 Å². The first-order valence-corrected chi connectivity index (χ1v) is 14.2. The third-order valence-corrected chi connectivity index (χ3v) is 6.52. The van der Waals surface area contributed by atoms with E-state index in [4.69, 9.17) is 4.74 Å². The van der Waals surface area contributed by atoms with Crippen LogP contribution in [-0.2, 0) is 27.2 Å². The summed E-state index contributed by atoms with van der Waals surface area (Å²) in [5, 5.41) is 15.6. The highest BCUT2D eigenvalue weighted by molar-refractivity contribution is 5.92. The zero-order valence-corrected chi connectivity index (χ0v) is 25.3. The lowest BCUT2D eigenvalue weighted by Crippen LogP contribution is -2.56. The third-order valence-electron chi connectivity index (χ3n) is 6.52. The van der Waals surface area contributed by atoms with E-state index in [-0.39, 0.29) is 30.2 Å². The molecule has 0 bridgehead atoms. The Kier molecular flexibility index (Phi) is 12.0. The van der Waals surface area contributed by atoms with E-state index >= 15 is 0 Å². The van der Waals surface area contributed by atoms with Crippen molar-refractivity contribution in [2.45, 2.75) is 111 Å². The van der Waals surface area contributed by atoms with E-state index < -0.39 is 29.7 Å². The number of nitrogens with zero attached hydrogens (tertiary/aromatic N) is 1. The molecule has 0 saturated carbocycles. The highest BCUT2D eigenvalue weighted by Crippen LogP contribution is 2.27. The van der Waals surface area contributed by atoms with Crippen molar-refractivity contribution in [3.63, 3.8) is 0 Å². The molecule has 0 aliphatic carbocycles. The first-order valence-electron chi connectivity index (χ1n) is 14.2. The molecule has 2 aromatic carbocycles. The van der Waals surface area contributed by atoms with Crippen molar-refractivity contribution in [3.8, 4) is 5.75 Å². The van der Waals surface area contributed by atoms with E-state index in [9.17, 15) is 19.5 Å². The van der Waals surface area contributed by atoms with Gasteiger partial charge in [-0.25, -0.2) is 4.79 Å². The molecule has 3 N–H and O–H groups in total. The number of phenolic OH excluding ortho intramolecular Hbond substituents is 1. The van der Waals surface area contributed by atoms with Gasteiger partial charge in [0.2, 0.25) is 11.8 Å². The van der Waals surface area contributed by atoms with Crippen LogP contribution in [0.3, 0.4) is 0 Å². The lowest BCUT2D eigenvalue weighted by atomic mass is 9.97. The summed E-state index contributed by atoms with van der Waals surface area (Å²) >= 11 is 0. The number of hydrogen-bond acceptors (Lipinski definition) is 5. The van der Waals surface area contributed by atoms with Crippen LogP contribution < -0.4 is 10.6 Å². The fourth-order valence-corrected chi connectivity index (χ4v) is 4.58. The van der Waals surface area contributed by atoms with Crippen LogP contribution in [0.2, 0.25) is 0 Å². The zero-order chi connectivity index (χ0) is 30.0. The minimum Gasteiger partial charge on any atom is -0.508 e. The van der Waals surface area contributed by atoms with Crippen molar-refractivity contribution >= 4 is 17.9 Å². The number of rotatable bonds is 12. The molecule has 2 aromatic rings. The molecular formula is C32H47N3O5. The largest absolute Gasteiger partial charge is 0.508 e. The fraction of sp³-hybridized carbons (Fsp3) is 0.531. The number of aryl methyl sites for hydroxylation is 1. The Morgan fingerprint density at radius 3 is 1.98 bits per heavy atom. The third kappa shape index (κ3) is 9.88. The van der Waals surface area contributed by atoms with E-state index in [0.29, 0.717) is 5.56 Å². The Bertz CT molecular complexity index is 1110. The summed E-state index contributed by atoms with van der Waals surface area (Å²) in [6.45, 7) is 15.1. The van der Waals surface area contributed by atoms with Gasteiger partial charge < -0.3 is 25.4 Å². The van der Waals surface area contributed by atoms with Gasteiger partial charge in [-0.2, -0.15) is 0 Å². The Morgan fingerprint density at radius 2 is 1.48 bits per heavy atom. The summed E-state index contributed by atoms with van der Waals surface area (Å²) in [7, 11) is 0. The summed E-state index contributed by atoms with van der Waals surface area (Å²) in [5.74, 6) is -0.575. The molecule has 3 unspecified atom stereocenters. The van der Waals surface area contributed by atoms with E-state index in [1.165, 1.54) is 12.1 Å². The smallest absolute Gasteiger partial charge is 0.408 e. The van der Waals surface area contributed by atoms with Gasteiger partial charge in [-0.15, -0.1) is 0 Å². The van der Waals surface area contributed by atoms with Gasteiger partial charge in [-0.05, 0) is 83.2 Å². The summed E-state index contributed by atoms with van der Waals surface area (Å²) in [6.07, 6.45) is 2.01. The van der Waals surface area contributed by atoms with Crippen molar-refractivity contribution in [1.29, 1.82) is 0 Å². The molecule has 0 spiro atoms. The van der Waals surface area contributed by atoms with Crippen LogP contribution in [-0.4, -0.2) is 51.6 Å². The molecule has 0 fully saturated rings. The van der Waals surface area contributed by atoms with Gasteiger partial charge in [0, 0.05) is 18.5 Å². The van der Waals surface area contributed by atoms with Gasteiger partial charge in [0.25, 0.3) is 0 Å². The Labute approximate surface area is 239 Å². The van der Waals surface area contributed by atoms with Gasteiger partial charge in [0.1, 0.15) is 23.4 Å². The van der Waals surface area contributed by atoms with Crippen LogP contribution >= 0.6 is 0 Å². The van der Waals surface area contributed by atoms with Gasteiger partial charge in [-0.3, -0.25) is 9.59 Å². The second-order valence-electron chi connectivity index (χ2n) is 11.6. The minimum atomic E-state index is -1.01. The molecule has 2 rings (SSSR count). The number of alkyl carbamates (subject to hydrolysis) is 1. The molecule has 8 heteroatoms. The summed E-state index contributed by atoms with van der Waals surface area (Å²) in [5.41, 5.74) is 1.80. The highest BCUT2D eigenvalue weighted by Gasteiger charge is 2.38. The van der Waals surface area contributed by atoms with Crippen molar-refractivity contribution in [3.05, 3.63) is 65.2 Å². The van der Waals surface area contributed by atoms with Crippen LogP contribution in [0.1, 0.15) is 91.0 Å². The molecule has 8 nitrogen and oxygen atoms in total. The van der Waals surface area contributed by atoms with E-state index in [0.717, 1.165) is 30.4 Å². The summed E-state index contributed by atoms with van der Waals surface area (Å²) in [6, 6.07) is 11.9. The second kappa shape index (κ2) is 14.7. The van der Waals surface area contributed by atoms with Crippen molar-refractivity contribution in [2.24, 2.45) is 0 Å². The number of phenols is 1. The van der Waals surface area contributed by atoms with Crippen LogP contribution in [0.4, 0.5) is 4.79 Å². The molecular weight excluding hydrogens is 506 g/mol. The number of ether oxygens (including phenoxy) is 1. The van der Waals surface area contributed by atoms with Crippen molar-refractivity contribution < 1.29 is 24.2 Å². The maximum absolute atomic E-state index is 14.3.